The third-order valence-corrected chi connectivity index (χ3v) is 31.4. The van der Waals surface area contributed by atoms with Gasteiger partial charge in [-0.3, -0.25) is 0 Å². The highest BCUT2D eigenvalue weighted by Gasteiger charge is 2.43. The first-order valence-electron chi connectivity index (χ1n) is 50.0. The predicted molar refractivity (Wildman–Crippen MR) is 603 cm³/mol. The zero-order valence-corrected chi connectivity index (χ0v) is 81.8. The minimum Gasteiger partial charge on any atom is -0.310 e. The molecular formula is C138H108N4. The topological polar surface area (TPSA) is 13.0 Å². The van der Waals surface area contributed by atoms with Crippen LogP contribution in [0.15, 0.2) is 473 Å². The van der Waals surface area contributed by atoms with E-state index in [2.05, 4.69) is 562 Å². The summed E-state index contributed by atoms with van der Waals surface area (Å²) in [5.41, 5.74) is 46.7. The van der Waals surface area contributed by atoms with E-state index in [4.69, 9.17) is 0 Å². The summed E-state index contributed by atoms with van der Waals surface area (Å²) in [7, 11) is 0. The van der Waals surface area contributed by atoms with Crippen molar-refractivity contribution in [2.45, 2.75) is 90.9 Å². The Morgan fingerprint density at radius 3 is 0.577 bits per heavy atom. The number of rotatable bonds is 16. The SMILES string of the molecule is CC1(C)c2ccccc2-c2c1cc(N(c1ccc(-c3ccc(N(c4cccc(-c5ccccc5)c4)c4cc5c(c6ccccc46)-c4ccccc4C5(C)C)cc3)cc1)c1cccc(-c3ccccc3)c1)c1ccccc21.Cc1ccc(N(c2ccc(-c3ccc(N(c4ccc(C)cc4)c4cc5c(c6ccccc46)-c4ccccc4C5(C)C)cc3)cc2)c2cc3c(c4ccccc24)-c2ccccc2C3(C)C)cc1. The second-order valence-electron chi connectivity index (χ2n) is 41.2. The number of nitrogens with zero attached hydrogens (tertiary/aromatic N) is 4. The lowest BCUT2D eigenvalue weighted by atomic mass is 9.81. The Labute approximate surface area is 833 Å². The maximum atomic E-state index is 2.48. The highest BCUT2D eigenvalue weighted by molar-refractivity contribution is 6.15. The molecule has 4 heteroatoms. The van der Waals surface area contributed by atoms with Crippen LogP contribution in [0, 0.1) is 13.8 Å². The molecule has 0 amide bonds. The molecule has 0 radical (unpaired) electrons. The quantitative estimate of drug-likeness (QED) is 0.0956. The van der Waals surface area contributed by atoms with Crippen LogP contribution in [-0.2, 0) is 21.7 Å². The van der Waals surface area contributed by atoms with Gasteiger partial charge in [-0.2, -0.15) is 0 Å². The molecule has 0 atom stereocenters. The molecule has 26 rings (SSSR count). The zero-order valence-electron chi connectivity index (χ0n) is 81.8. The van der Waals surface area contributed by atoms with Gasteiger partial charge in [0.05, 0.1) is 22.7 Å². The highest BCUT2D eigenvalue weighted by atomic mass is 15.2. The van der Waals surface area contributed by atoms with Crippen LogP contribution < -0.4 is 19.6 Å². The van der Waals surface area contributed by atoms with Crippen LogP contribution >= 0.6 is 0 Å². The van der Waals surface area contributed by atoms with Crippen molar-refractivity contribution in [2.24, 2.45) is 0 Å². The molecule has 680 valence electrons. The van der Waals surface area contributed by atoms with Gasteiger partial charge in [-0.1, -0.05) is 418 Å². The fourth-order valence-electron chi connectivity index (χ4n) is 24.1. The van der Waals surface area contributed by atoms with E-state index in [1.165, 1.54) is 199 Å². The van der Waals surface area contributed by atoms with Crippen molar-refractivity contribution in [1.82, 2.24) is 0 Å². The van der Waals surface area contributed by atoms with Gasteiger partial charge in [0.15, 0.2) is 0 Å². The Morgan fingerprint density at radius 1 is 0.141 bits per heavy atom. The fraction of sp³-hybridized carbons (Fsp3) is 0.101. The van der Waals surface area contributed by atoms with Gasteiger partial charge in [0.1, 0.15) is 0 Å². The average Bonchev–Trinajstić information content (AvgIpc) is 1.56. The molecular weight excluding hydrogens is 1710 g/mol. The van der Waals surface area contributed by atoms with E-state index in [9.17, 15) is 0 Å². The van der Waals surface area contributed by atoms with Crippen LogP contribution in [0.2, 0.25) is 0 Å². The summed E-state index contributed by atoms with van der Waals surface area (Å²) in [6.45, 7) is 23.3. The molecule has 0 bridgehead atoms. The van der Waals surface area contributed by atoms with Gasteiger partial charge in [-0.15, -0.1) is 0 Å². The first-order chi connectivity index (χ1) is 69.3. The van der Waals surface area contributed by atoms with Crippen molar-refractivity contribution >= 4 is 111 Å². The van der Waals surface area contributed by atoms with Crippen LogP contribution in [0.5, 0.6) is 0 Å². The third-order valence-electron chi connectivity index (χ3n) is 31.4. The molecule has 142 heavy (non-hydrogen) atoms. The lowest BCUT2D eigenvalue weighted by Crippen LogP contribution is -2.17. The third kappa shape index (κ3) is 14.2. The molecule has 0 aliphatic heterocycles. The molecule has 4 nitrogen and oxygen atoms in total. The second kappa shape index (κ2) is 34.0. The van der Waals surface area contributed by atoms with Gasteiger partial charge >= 0.3 is 0 Å². The van der Waals surface area contributed by atoms with Crippen molar-refractivity contribution in [3.05, 3.63) is 529 Å². The molecule has 4 aliphatic rings. The first-order valence-corrected chi connectivity index (χ1v) is 50.0. The summed E-state index contributed by atoms with van der Waals surface area (Å²) >= 11 is 0. The van der Waals surface area contributed by atoms with E-state index in [-0.39, 0.29) is 21.7 Å². The zero-order chi connectivity index (χ0) is 96.0. The Morgan fingerprint density at radius 2 is 0.331 bits per heavy atom. The summed E-state index contributed by atoms with van der Waals surface area (Å²) in [6.07, 6.45) is 0. The van der Waals surface area contributed by atoms with Crippen molar-refractivity contribution < 1.29 is 0 Å². The monoisotopic (exact) mass is 1820 g/mol. The molecule has 0 unspecified atom stereocenters. The number of anilines is 12. The smallest absolute Gasteiger partial charge is 0.0543 e. The molecule has 22 aromatic carbocycles. The Balaban J connectivity index is 0.000000151. The van der Waals surface area contributed by atoms with Crippen molar-refractivity contribution in [3.8, 4) is 89.0 Å². The number of benzene rings is 22. The minimum absolute atomic E-state index is 0.134. The fourth-order valence-corrected chi connectivity index (χ4v) is 24.1. The van der Waals surface area contributed by atoms with Gasteiger partial charge in [-0.25, -0.2) is 0 Å². The number of hydrogen-bond acceptors (Lipinski definition) is 4. The van der Waals surface area contributed by atoms with Gasteiger partial charge in [-0.05, 0) is 290 Å². The van der Waals surface area contributed by atoms with E-state index in [0.717, 1.165) is 56.6 Å². The van der Waals surface area contributed by atoms with E-state index in [1.807, 2.05) is 0 Å². The molecule has 22 aromatic rings. The molecule has 0 saturated carbocycles. The number of hydrogen-bond donors (Lipinski definition) is 0. The van der Waals surface area contributed by atoms with E-state index < -0.39 is 0 Å². The summed E-state index contributed by atoms with van der Waals surface area (Å²) in [5.74, 6) is 0. The summed E-state index contributed by atoms with van der Waals surface area (Å²) in [6, 6.07) is 176. The van der Waals surface area contributed by atoms with Crippen LogP contribution in [-0.4, -0.2) is 0 Å². The van der Waals surface area contributed by atoms with Crippen molar-refractivity contribution in [1.29, 1.82) is 0 Å². The molecule has 0 N–H and O–H groups in total. The summed E-state index contributed by atoms with van der Waals surface area (Å²) < 4.78 is 0. The van der Waals surface area contributed by atoms with Gasteiger partial charge < -0.3 is 19.6 Å². The average molecular weight is 1820 g/mol. The minimum atomic E-state index is -0.172. The molecule has 0 heterocycles. The first kappa shape index (κ1) is 86.6. The van der Waals surface area contributed by atoms with E-state index >= 15 is 0 Å². The number of aryl methyl sites for hydroxylation is 2. The molecule has 0 fully saturated rings. The molecule has 4 aliphatic carbocycles. The van der Waals surface area contributed by atoms with Gasteiger partial charge in [0.2, 0.25) is 0 Å². The Bertz CT molecular complexity index is 8230. The van der Waals surface area contributed by atoms with Crippen LogP contribution in [0.4, 0.5) is 68.2 Å². The summed E-state index contributed by atoms with van der Waals surface area (Å²) in [5, 5.41) is 10.1. The van der Waals surface area contributed by atoms with E-state index in [1.54, 1.807) is 0 Å². The predicted octanol–water partition coefficient (Wildman–Crippen LogP) is 38.4. The van der Waals surface area contributed by atoms with Crippen LogP contribution in [0.25, 0.3) is 132 Å². The maximum absolute atomic E-state index is 2.48. The standard InChI is InChI=1S/C74H56N2.C64H52N2/c1-73(2)65-35-17-15-33-63(65)71-61-31-13-11-29-59(61)69(47-67(71)73)75(57-27-19-25-53(45-57)49-21-7-5-8-22-49)55-41-37-51(38-42-55)52-39-43-56(44-40-52)76(58-28-20-26-54(46-58)50-23-9-6-10-24-50)70-48-68-72(62-32-14-12-30-60(62)70)64-34-16-18-36-66(64)74(68,3)4;1-41-23-31-45(32-24-41)65(59-39-57-61(51-17-9-7-15-49(51)59)53-19-11-13-21-55(53)63(57,3)4)47-35-27-43(28-36-47)44-29-37-48(38-30-44)66(46-33-25-42(2)26-34-46)60-40-58-62(52-18-10-8-16-50(52)60)54-20-12-14-22-56(54)64(58,5)6/h5-48H,1-4H3;7-40H,1-6H3. The summed E-state index contributed by atoms with van der Waals surface area (Å²) in [4.78, 5) is 9.86. The molecule has 0 spiro atoms. The second-order valence-corrected chi connectivity index (χ2v) is 41.2. The largest absolute Gasteiger partial charge is 0.310 e. The lowest BCUT2D eigenvalue weighted by molar-refractivity contribution is 0.661. The van der Waals surface area contributed by atoms with Crippen molar-refractivity contribution in [2.75, 3.05) is 19.6 Å². The highest BCUT2D eigenvalue weighted by Crippen LogP contribution is 2.61. The molecule has 0 saturated heterocycles. The van der Waals surface area contributed by atoms with E-state index in [0.29, 0.717) is 0 Å². The normalized spacial score (nSPS) is 13.6. The van der Waals surface area contributed by atoms with Gasteiger partial charge in [0.25, 0.3) is 0 Å². The lowest BCUT2D eigenvalue weighted by Gasteiger charge is -2.30. The van der Waals surface area contributed by atoms with Gasteiger partial charge in [0, 0.05) is 88.7 Å². The maximum Gasteiger partial charge on any atom is 0.0543 e. The van der Waals surface area contributed by atoms with Crippen LogP contribution in [0.1, 0.15) is 111 Å². The Kier molecular flexibility index (Phi) is 20.8. The van der Waals surface area contributed by atoms with Crippen molar-refractivity contribution in [3.63, 3.8) is 0 Å². The molecule has 0 aromatic heterocycles. The van der Waals surface area contributed by atoms with Crippen LogP contribution in [0.3, 0.4) is 0 Å². The number of fused-ring (bicyclic) bond motifs is 20. The Hall–Kier alpha value is -16.9.